The molecular weight excluding hydrogens is 695 g/mol. The number of Topliss-reactive ketones (excluding diaryl/α,β-unsaturated/α-hetero) is 1. The second-order valence-electron chi connectivity index (χ2n) is 11.5. The molecule has 17 heteroatoms. The Labute approximate surface area is 291 Å². The molecule has 0 spiro atoms. The zero-order valence-corrected chi connectivity index (χ0v) is 28.3. The number of hydrogen-bond acceptors (Lipinski definition) is 11. The highest BCUT2D eigenvalue weighted by atomic mass is 35.5. The lowest BCUT2D eigenvalue weighted by Crippen LogP contribution is -2.62. The maximum absolute atomic E-state index is 15.3. The van der Waals surface area contributed by atoms with Gasteiger partial charge in [0.05, 0.1) is 24.4 Å². The van der Waals surface area contributed by atoms with E-state index in [9.17, 15) is 19.5 Å². The van der Waals surface area contributed by atoms with E-state index in [2.05, 4.69) is 20.4 Å². The number of hydrogen-bond donors (Lipinski definition) is 3. The molecule has 13 nitrogen and oxygen atoms in total. The second-order valence-corrected chi connectivity index (χ2v) is 13.9. The average molecular weight is 724 g/mol. The molecule has 1 amide bonds. The van der Waals surface area contributed by atoms with Crippen LogP contribution < -0.4 is 15.6 Å². The Morgan fingerprint density at radius 1 is 1.33 bits per heavy atom. The number of nitrogens with zero attached hydrogens (tertiary/aromatic N) is 6. The Balaban J connectivity index is 1.11. The number of ketones is 1. The number of nitrogen functional groups attached to an aromatic ring is 1. The molecule has 0 saturated carbocycles. The number of halogens is 2. The van der Waals surface area contributed by atoms with Crippen LogP contribution in [0.3, 0.4) is 0 Å². The number of nitrogens with one attached hydrogen (secondary N) is 1. The number of oxime groups is 1. The van der Waals surface area contributed by atoms with Gasteiger partial charge in [-0.15, -0.1) is 23.1 Å². The number of anilines is 1. The van der Waals surface area contributed by atoms with Crippen LogP contribution in [0, 0.1) is 11.7 Å². The van der Waals surface area contributed by atoms with Crippen molar-refractivity contribution in [3.05, 3.63) is 87.0 Å². The van der Waals surface area contributed by atoms with E-state index in [0.29, 0.717) is 41.4 Å². The number of carboxylic acid groups (broad SMARTS) is 1. The van der Waals surface area contributed by atoms with Crippen molar-refractivity contribution in [1.82, 2.24) is 19.8 Å². The number of pyridine rings is 1. The molecule has 0 unspecified atom stereocenters. The Morgan fingerprint density at radius 3 is 2.86 bits per heavy atom. The molecule has 6 heterocycles. The molecule has 1 aromatic carbocycles. The molecule has 3 aliphatic heterocycles. The molecule has 7 rings (SSSR count). The summed E-state index contributed by atoms with van der Waals surface area (Å²) in [7, 11) is 1.30. The number of β-lactam (4-membered cyclic amide) rings is 1. The van der Waals surface area contributed by atoms with Gasteiger partial charge < -0.3 is 25.6 Å². The summed E-state index contributed by atoms with van der Waals surface area (Å²) in [4.78, 5) is 53.7. The van der Waals surface area contributed by atoms with Gasteiger partial charge in [-0.25, -0.2) is 14.2 Å². The molecule has 3 aliphatic rings. The summed E-state index contributed by atoms with van der Waals surface area (Å²) in [6.07, 6.45) is 3.47. The minimum absolute atomic E-state index is 0.0491. The third-order valence-corrected chi connectivity index (χ3v) is 11.0. The van der Waals surface area contributed by atoms with Gasteiger partial charge in [0.25, 0.3) is 0 Å². The molecular formula is C32H29ClFN8O5S2+. The van der Waals surface area contributed by atoms with Crippen LogP contribution in [0.2, 0.25) is 5.02 Å². The zero-order valence-electron chi connectivity index (χ0n) is 25.9. The Hall–Kier alpha value is -4.80. The fourth-order valence-electron chi connectivity index (χ4n) is 6.31. The minimum Gasteiger partial charge on any atom is -0.477 e. The minimum atomic E-state index is -1.23. The van der Waals surface area contributed by atoms with Gasteiger partial charge in [-0.1, -0.05) is 16.8 Å². The number of aliphatic carboxylic acids is 1. The van der Waals surface area contributed by atoms with Crippen LogP contribution in [-0.2, 0) is 32.3 Å². The molecule has 1 saturated heterocycles. The molecule has 0 bridgehead atoms. The Morgan fingerprint density at radius 2 is 2.16 bits per heavy atom. The van der Waals surface area contributed by atoms with Gasteiger partial charge in [-0.05, 0) is 18.2 Å². The van der Waals surface area contributed by atoms with Crippen LogP contribution in [0.5, 0.6) is 0 Å². The van der Waals surface area contributed by atoms with Crippen molar-refractivity contribution >= 4 is 80.1 Å². The van der Waals surface area contributed by atoms with Gasteiger partial charge in [-0.2, -0.15) is 4.57 Å². The van der Waals surface area contributed by atoms with Crippen LogP contribution in [0.4, 0.5) is 9.52 Å². The number of aliphatic imine (C=N–C) groups is 1. The summed E-state index contributed by atoms with van der Waals surface area (Å²) in [6, 6.07) is 8.73. The quantitative estimate of drug-likeness (QED) is 0.0912. The number of thioether (sulfide) groups is 1. The lowest BCUT2D eigenvalue weighted by Gasteiger charge is -2.49. The molecule has 4 aromatic rings. The van der Waals surface area contributed by atoms with Crippen molar-refractivity contribution in [3.8, 4) is 0 Å². The number of carbonyl (C=O) groups excluding carboxylic acids is 2. The van der Waals surface area contributed by atoms with Gasteiger partial charge in [0, 0.05) is 64.2 Å². The predicted octanol–water partition coefficient (Wildman–Crippen LogP) is 3.04. The summed E-state index contributed by atoms with van der Waals surface area (Å²) >= 11 is 9.10. The molecule has 49 heavy (non-hydrogen) atoms. The molecule has 2 atom stereocenters. The van der Waals surface area contributed by atoms with Crippen molar-refractivity contribution in [2.24, 2.45) is 16.1 Å². The first kappa shape index (κ1) is 32.7. The van der Waals surface area contributed by atoms with Crippen molar-refractivity contribution < 1.29 is 33.3 Å². The third kappa shape index (κ3) is 6.04. The van der Waals surface area contributed by atoms with Crippen LogP contribution >= 0.6 is 34.7 Å². The number of aromatic nitrogens is 3. The summed E-state index contributed by atoms with van der Waals surface area (Å²) < 4.78 is 19.1. The fraction of sp³-hybridized carbons (Fsp3) is 0.281. The lowest BCUT2D eigenvalue weighted by molar-refractivity contribution is -0.663. The van der Waals surface area contributed by atoms with Crippen LogP contribution in [-0.4, -0.2) is 80.1 Å². The van der Waals surface area contributed by atoms with Gasteiger partial charge in [0.15, 0.2) is 29.4 Å². The summed E-state index contributed by atoms with van der Waals surface area (Å²) in [6.45, 7) is 1.70. The van der Waals surface area contributed by atoms with Crippen LogP contribution in [0.1, 0.15) is 23.2 Å². The number of amides is 1. The van der Waals surface area contributed by atoms with E-state index in [-0.39, 0.29) is 46.8 Å². The summed E-state index contributed by atoms with van der Waals surface area (Å²) in [5, 5.41) is 18.8. The lowest BCUT2D eigenvalue weighted by atomic mass is 9.89. The number of thiazole rings is 1. The maximum atomic E-state index is 15.3. The summed E-state index contributed by atoms with van der Waals surface area (Å²) in [5.41, 5.74) is 8.89. The van der Waals surface area contributed by atoms with E-state index in [0.717, 1.165) is 22.4 Å². The topological polar surface area (TPSA) is 168 Å². The Bertz CT molecular complexity index is 2110. The highest BCUT2D eigenvalue weighted by Gasteiger charge is 2.54. The largest absolute Gasteiger partial charge is 0.477 e. The maximum Gasteiger partial charge on any atom is 0.352 e. The first-order chi connectivity index (χ1) is 23.6. The predicted molar refractivity (Wildman–Crippen MR) is 183 cm³/mol. The molecule has 4 N–H and O–H groups in total. The van der Waals surface area contributed by atoms with E-state index in [1.54, 1.807) is 11.4 Å². The van der Waals surface area contributed by atoms with E-state index < -0.39 is 34.8 Å². The normalized spacial score (nSPS) is 19.1. The van der Waals surface area contributed by atoms with Crippen molar-refractivity contribution in [3.63, 3.8) is 0 Å². The number of fused-ring (bicyclic) bond motifs is 2. The number of amidine groups is 1. The molecule has 3 aromatic heterocycles. The number of rotatable bonds is 11. The average Bonchev–Trinajstić information content (AvgIpc) is 3.86. The summed E-state index contributed by atoms with van der Waals surface area (Å²) in [5.74, 6) is -2.36. The monoisotopic (exact) mass is 723 g/mol. The number of nitrogens with two attached hydrogens (primary N) is 1. The second kappa shape index (κ2) is 13.2. The highest BCUT2D eigenvalue weighted by molar-refractivity contribution is 8.00. The fourth-order valence-corrected chi connectivity index (χ4v) is 8.53. The molecule has 1 fully saturated rings. The van der Waals surface area contributed by atoms with Crippen molar-refractivity contribution in [2.75, 3.05) is 31.7 Å². The van der Waals surface area contributed by atoms with Crippen LogP contribution in [0.15, 0.2) is 69.5 Å². The van der Waals surface area contributed by atoms with Gasteiger partial charge >= 0.3 is 5.97 Å². The standard InChI is InChI=1S/C32H28ClFN8O5S2/c1-47-39-26(22-15-49-32(35)38-22)25(43)11-18-29(44)42-27(31(45)46)17(14-48-30(18)42)12-40-7-2-3-23-24(40)4-8-41(23)13-19-20(33)9-16(10-21(19)34)28-36-5-6-37-28/h2-4,7-10,15,18,30H,5-6,11-14H2,1H3,(H3-,35,36,37,38,45,46)/p+1/b39-26-/t18-,30-/m1/s1. The van der Waals surface area contributed by atoms with Gasteiger partial charge in [0.1, 0.15) is 35.7 Å². The highest BCUT2D eigenvalue weighted by Crippen LogP contribution is 2.45. The van der Waals surface area contributed by atoms with E-state index in [4.69, 9.17) is 22.2 Å². The number of carboxylic acids is 1. The number of benzene rings is 1. The smallest absolute Gasteiger partial charge is 0.352 e. The molecule has 0 radical (unpaired) electrons. The molecule has 252 valence electrons. The Kier molecular flexibility index (Phi) is 8.85. The SMILES string of the molecule is CO/N=C(\C(=O)C[C@@H]1C(=O)N2C(C(=O)O)=C(C[n+]3cccc4c3ccn4Cc3c(F)cc(C4=NCCN4)cc3Cl)CS[C@H]12)c1csc(N)n1. The van der Waals surface area contributed by atoms with E-state index in [1.807, 2.05) is 39.7 Å². The van der Waals surface area contributed by atoms with E-state index in [1.165, 1.54) is 29.8 Å². The van der Waals surface area contributed by atoms with Gasteiger partial charge in [-0.3, -0.25) is 19.5 Å². The van der Waals surface area contributed by atoms with E-state index >= 15 is 4.39 Å². The zero-order chi connectivity index (χ0) is 34.4. The first-order valence-electron chi connectivity index (χ1n) is 15.1. The molecule has 0 aliphatic carbocycles. The number of carbonyl (C=O) groups is 3. The van der Waals surface area contributed by atoms with Gasteiger partial charge in [0.2, 0.25) is 11.4 Å². The van der Waals surface area contributed by atoms with Crippen molar-refractivity contribution in [1.29, 1.82) is 0 Å². The first-order valence-corrected chi connectivity index (χ1v) is 17.4. The third-order valence-electron chi connectivity index (χ3n) is 8.57. The van der Waals surface area contributed by atoms with Crippen molar-refractivity contribution in [2.45, 2.75) is 24.9 Å². The van der Waals surface area contributed by atoms with Crippen LogP contribution in [0.25, 0.3) is 11.0 Å².